The number of aryl methyl sites for hydroxylation is 1. The molecule has 0 saturated carbocycles. The van der Waals surface area contributed by atoms with Gasteiger partial charge in [-0.2, -0.15) is 0 Å². The predicted octanol–water partition coefficient (Wildman–Crippen LogP) is 3.58. The molecule has 0 bridgehead atoms. The molecular weight excluding hydrogens is 216 g/mol. The van der Waals surface area contributed by atoms with Gasteiger partial charge in [0.15, 0.2) is 0 Å². The summed E-state index contributed by atoms with van der Waals surface area (Å²) < 4.78 is 0. The van der Waals surface area contributed by atoms with Crippen LogP contribution in [0.1, 0.15) is 5.56 Å². The second kappa shape index (κ2) is 5.03. The average Bonchev–Trinajstić information content (AvgIpc) is 2.29. The fourth-order valence-electron chi connectivity index (χ4n) is 1.41. The van der Waals surface area contributed by atoms with E-state index in [1.807, 2.05) is 25.2 Å². The Morgan fingerprint density at radius 3 is 2.69 bits per heavy atom. The molecular formula is C13H14N2S. The van der Waals surface area contributed by atoms with Gasteiger partial charge in [0.1, 0.15) is 10.8 Å². The van der Waals surface area contributed by atoms with Gasteiger partial charge in [0.25, 0.3) is 0 Å². The highest BCUT2D eigenvalue weighted by Gasteiger charge is 1.99. The molecule has 1 aromatic heterocycles. The molecule has 2 aromatic rings. The van der Waals surface area contributed by atoms with Gasteiger partial charge in [0.05, 0.1) is 0 Å². The Morgan fingerprint density at radius 1 is 1.12 bits per heavy atom. The van der Waals surface area contributed by atoms with E-state index < -0.39 is 0 Å². The van der Waals surface area contributed by atoms with Crippen molar-refractivity contribution in [1.29, 1.82) is 0 Å². The quantitative estimate of drug-likeness (QED) is 0.872. The van der Waals surface area contributed by atoms with E-state index in [2.05, 4.69) is 41.5 Å². The highest BCUT2D eigenvalue weighted by molar-refractivity contribution is 7.99. The van der Waals surface area contributed by atoms with Gasteiger partial charge >= 0.3 is 0 Å². The number of nitrogens with zero attached hydrogens (tertiary/aromatic N) is 1. The Balaban J connectivity index is 2.20. The van der Waals surface area contributed by atoms with Crippen LogP contribution in [-0.2, 0) is 0 Å². The summed E-state index contributed by atoms with van der Waals surface area (Å²) in [6, 6.07) is 14.4. The van der Waals surface area contributed by atoms with Gasteiger partial charge < -0.3 is 5.32 Å². The number of pyridine rings is 1. The standard InChI is InChI=1S/C13H14N2S/c1-10-5-3-6-11(9-10)16-13-8-4-7-12(14-2)15-13/h3-9H,1-2H3,(H,14,15). The minimum Gasteiger partial charge on any atom is -0.373 e. The normalized spacial score (nSPS) is 10.1. The van der Waals surface area contributed by atoms with Crippen molar-refractivity contribution in [2.24, 2.45) is 0 Å². The minimum absolute atomic E-state index is 0.901. The third kappa shape index (κ3) is 2.76. The number of hydrogen-bond acceptors (Lipinski definition) is 3. The van der Waals surface area contributed by atoms with Gasteiger partial charge in [-0.25, -0.2) is 4.98 Å². The van der Waals surface area contributed by atoms with Gasteiger partial charge in [-0.15, -0.1) is 0 Å². The van der Waals surface area contributed by atoms with Gasteiger partial charge in [0.2, 0.25) is 0 Å². The van der Waals surface area contributed by atoms with Crippen molar-refractivity contribution >= 4 is 17.6 Å². The number of anilines is 1. The summed E-state index contributed by atoms with van der Waals surface area (Å²) in [6.07, 6.45) is 0. The zero-order chi connectivity index (χ0) is 11.4. The van der Waals surface area contributed by atoms with E-state index in [1.165, 1.54) is 10.5 Å². The summed E-state index contributed by atoms with van der Waals surface area (Å²) in [4.78, 5) is 5.69. The number of benzene rings is 1. The van der Waals surface area contributed by atoms with Crippen LogP contribution in [0, 0.1) is 6.92 Å². The average molecular weight is 230 g/mol. The summed E-state index contributed by atoms with van der Waals surface area (Å²) in [6.45, 7) is 2.10. The van der Waals surface area contributed by atoms with Crippen LogP contribution in [0.4, 0.5) is 5.82 Å². The first-order valence-electron chi connectivity index (χ1n) is 5.17. The SMILES string of the molecule is CNc1cccc(Sc2cccc(C)c2)n1. The molecule has 0 amide bonds. The lowest BCUT2D eigenvalue weighted by atomic mass is 10.2. The molecule has 0 saturated heterocycles. The second-order valence-corrected chi connectivity index (χ2v) is 4.62. The lowest BCUT2D eigenvalue weighted by Crippen LogP contribution is -1.91. The van der Waals surface area contributed by atoms with E-state index >= 15 is 0 Å². The first-order chi connectivity index (χ1) is 7.78. The zero-order valence-corrected chi connectivity index (χ0v) is 10.2. The van der Waals surface area contributed by atoms with Crippen molar-refractivity contribution in [3.63, 3.8) is 0 Å². The Morgan fingerprint density at radius 2 is 1.94 bits per heavy atom. The Labute approximate surface area is 100 Å². The molecule has 0 aliphatic heterocycles. The molecule has 16 heavy (non-hydrogen) atoms. The molecule has 0 fully saturated rings. The molecule has 0 aliphatic rings. The lowest BCUT2D eigenvalue weighted by Gasteiger charge is -2.04. The van der Waals surface area contributed by atoms with Gasteiger partial charge in [-0.1, -0.05) is 35.5 Å². The van der Waals surface area contributed by atoms with Crippen molar-refractivity contribution in [2.45, 2.75) is 16.8 Å². The highest BCUT2D eigenvalue weighted by Crippen LogP contribution is 2.27. The van der Waals surface area contributed by atoms with Crippen LogP contribution in [0.2, 0.25) is 0 Å². The van der Waals surface area contributed by atoms with Crippen LogP contribution in [-0.4, -0.2) is 12.0 Å². The summed E-state index contributed by atoms with van der Waals surface area (Å²) in [5.41, 5.74) is 1.27. The maximum atomic E-state index is 4.47. The van der Waals surface area contributed by atoms with E-state index in [0.29, 0.717) is 0 Å². The molecule has 1 N–H and O–H groups in total. The third-order valence-electron chi connectivity index (χ3n) is 2.19. The topological polar surface area (TPSA) is 24.9 Å². The highest BCUT2D eigenvalue weighted by atomic mass is 32.2. The smallest absolute Gasteiger partial charge is 0.127 e. The van der Waals surface area contributed by atoms with Crippen LogP contribution in [0.15, 0.2) is 52.4 Å². The fourth-order valence-corrected chi connectivity index (χ4v) is 2.33. The minimum atomic E-state index is 0.901. The van der Waals surface area contributed by atoms with E-state index in [9.17, 15) is 0 Å². The number of rotatable bonds is 3. The van der Waals surface area contributed by atoms with Crippen LogP contribution in [0.3, 0.4) is 0 Å². The predicted molar refractivity (Wildman–Crippen MR) is 69.1 cm³/mol. The van der Waals surface area contributed by atoms with Gasteiger partial charge in [0, 0.05) is 11.9 Å². The maximum Gasteiger partial charge on any atom is 0.127 e. The van der Waals surface area contributed by atoms with Crippen molar-refractivity contribution < 1.29 is 0 Å². The molecule has 3 heteroatoms. The van der Waals surface area contributed by atoms with Crippen LogP contribution in [0.5, 0.6) is 0 Å². The molecule has 0 unspecified atom stereocenters. The molecule has 0 atom stereocenters. The maximum absolute atomic E-state index is 4.47. The number of aromatic nitrogens is 1. The van der Waals surface area contributed by atoms with Gasteiger partial charge in [-0.3, -0.25) is 0 Å². The number of nitrogens with one attached hydrogen (secondary N) is 1. The third-order valence-corrected chi connectivity index (χ3v) is 3.12. The number of hydrogen-bond donors (Lipinski definition) is 1. The summed E-state index contributed by atoms with van der Waals surface area (Å²) in [5, 5.41) is 4.05. The molecule has 1 aromatic carbocycles. The molecule has 1 heterocycles. The van der Waals surface area contributed by atoms with E-state index in [1.54, 1.807) is 11.8 Å². The largest absolute Gasteiger partial charge is 0.373 e. The van der Waals surface area contributed by atoms with E-state index in [0.717, 1.165) is 10.8 Å². The summed E-state index contributed by atoms with van der Waals surface area (Å²) >= 11 is 1.68. The van der Waals surface area contributed by atoms with E-state index in [4.69, 9.17) is 0 Å². The van der Waals surface area contributed by atoms with Crippen molar-refractivity contribution in [2.75, 3.05) is 12.4 Å². The first kappa shape index (κ1) is 11.0. The Bertz CT molecular complexity index is 483. The molecule has 0 aliphatic carbocycles. The summed E-state index contributed by atoms with van der Waals surface area (Å²) in [7, 11) is 1.88. The summed E-state index contributed by atoms with van der Waals surface area (Å²) in [5.74, 6) is 0.901. The molecule has 2 nitrogen and oxygen atoms in total. The lowest BCUT2D eigenvalue weighted by molar-refractivity contribution is 1.12. The molecule has 0 spiro atoms. The van der Waals surface area contributed by atoms with E-state index in [-0.39, 0.29) is 0 Å². The zero-order valence-electron chi connectivity index (χ0n) is 9.40. The van der Waals surface area contributed by atoms with Gasteiger partial charge in [-0.05, 0) is 31.2 Å². The van der Waals surface area contributed by atoms with Crippen molar-refractivity contribution in [1.82, 2.24) is 4.98 Å². The Kier molecular flexibility index (Phi) is 3.47. The second-order valence-electron chi connectivity index (χ2n) is 3.53. The molecule has 0 radical (unpaired) electrons. The van der Waals surface area contributed by atoms with Crippen LogP contribution >= 0.6 is 11.8 Å². The fraction of sp³-hybridized carbons (Fsp3) is 0.154. The monoisotopic (exact) mass is 230 g/mol. The Hall–Kier alpha value is -1.48. The van der Waals surface area contributed by atoms with Crippen molar-refractivity contribution in [3.8, 4) is 0 Å². The molecule has 82 valence electrons. The van der Waals surface area contributed by atoms with Crippen LogP contribution in [0.25, 0.3) is 0 Å². The van der Waals surface area contributed by atoms with Crippen molar-refractivity contribution in [3.05, 3.63) is 48.0 Å². The van der Waals surface area contributed by atoms with Crippen LogP contribution < -0.4 is 5.32 Å². The molecule has 2 rings (SSSR count). The first-order valence-corrected chi connectivity index (χ1v) is 5.99.